The first-order valence-electron chi connectivity index (χ1n) is 6.69. The van der Waals surface area contributed by atoms with E-state index in [4.69, 9.17) is 23.2 Å². The monoisotopic (exact) mass is 332 g/mol. The molecule has 1 amide bonds. The van der Waals surface area contributed by atoms with Gasteiger partial charge in [-0.25, -0.2) is 0 Å². The zero-order chi connectivity index (χ0) is 14.5. The number of rotatable bonds is 4. The van der Waals surface area contributed by atoms with Crippen LogP contribution in [0.1, 0.15) is 19.8 Å². The van der Waals surface area contributed by atoms with Gasteiger partial charge >= 0.3 is 0 Å². The van der Waals surface area contributed by atoms with Crippen LogP contribution in [0, 0.1) is 0 Å². The van der Waals surface area contributed by atoms with Crippen molar-refractivity contribution in [3.63, 3.8) is 0 Å². The molecule has 1 aliphatic rings. The van der Waals surface area contributed by atoms with Crippen LogP contribution >= 0.6 is 35.0 Å². The largest absolute Gasteiger partial charge is 0.351 e. The standard InChI is InChI=1S/C14H18Cl2N2OS/c1-9(14(19)18-11-3-2-6-17-8-11)20-13-7-10(15)4-5-12(13)16/h4-5,7,9,11,17H,2-3,6,8H2,1H3,(H,18,19)/t9?,11-/m0/s1. The SMILES string of the molecule is CC(Sc1cc(Cl)ccc1Cl)C(=O)N[C@H]1CCCNC1. The predicted octanol–water partition coefficient (Wildman–Crippen LogP) is 3.34. The first kappa shape index (κ1) is 16.0. The van der Waals surface area contributed by atoms with E-state index in [0.29, 0.717) is 10.0 Å². The minimum absolute atomic E-state index is 0.0414. The Labute approximate surface area is 133 Å². The summed E-state index contributed by atoms with van der Waals surface area (Å²) < 4.78 is 0. The van der Waals surface area contributed by atoms with E-state index in [9.17, 15) is 4.79 Å². The molecule has 2 atom stereocenters. The van der Waals surface area contributed by atoms with Gasteiger partial charge in [-0.2, -0.15) is 0 Å². The van der Waals surface area contributed by atoms with Crippen molar-refractivity contribution in [3.05, 3.63) is 28.2 Å². The highest BCUT2D eigenvalue weighted by Crippen LogP contribution is 2.32. The normalized spacial score (nSPS) is 20.4. The Hall–Kier alpha value is -0.420. The number of benzene rings is 1. The average Bonchev–Trinajstić information content (AvgIpc) is 2.44. The van der Waals surface area contributed by atoms with Crippen LogP contribution in [-0.2, 0) is 4.79 Å². The van der Waals surface area contributed by atoms with E-state index in [1.165, 1.54) is 11.8 Å². The highest BCUT2D eigenvalue weighted by atomic mass is 35.5. The topological polar surface area (TPSA) is 41.1 Å². The van der Waals surface area contributed by atoms with Crippen LogP contribution in [0.2, 0.25) is 10.0 Å². The van der Waals surface area contributed by atoms with Crippen LogP contribution in [0.4, 0.5) is 0 Å². The lowest BCUT2D eigenvalue weighted by Gasteiger charge is -2.25. The zero-order valence-corrected chi connectivity index (χ0v) is 13.6. The Morgan fingerprint density at radius 1 is 1.50 bits per heavy atom. The number of hydrogen-bond acceptors (Lipinski definition) is 3. The maximum atomic E-state index is 12.2. The van der Waals surface area contributed by atoms with Gasteiger partial charge in [0.05, 0.1) is 10.3 Å². The summed E-state index contributed by atoms with van der Waals surface area (Å²) in [5, 5.41) is 7.41. The molecular formula is C14H18Cl2N2OS. The van der Waals surface area contributed by atoms with Crippen LogP contribution in [0.15, 0.2) is 23.1 Å². The molecule has 0 aromatic heterocycles. The van der Waals surface area contributed by atoms with Crippen LogP contribution < -0.4 is 10.6 Å². The minimum Gasteiger partial charge on any atom is -0.351 e. The van der Waals surface area contributed by atoms with Crippen molar-refractivity contribution < 1.29 is 4.79 Å². The summed E-state index contributed by atoms with van der Waals surface area (Å²) >= 11 is 13.5. The molecule has 3 nitrogen and oxygen atoms in total. The third-order valence-corrected chi connectivity index (χ3v) is 5.05. The van der Waals surface area contributed by atoms with E-state index in [1.807, 2.05) is 6.92 Å². The molecule has 1 aromatic rings. The summed E-state index contributed by atoms with van der Waals surface area (Å²) in [7, 11) is 0. The third-order valence-electron chi connectivity index (χ3n) is 3.21. The number of thioether (sulfide) groups is 1. The summed E-state index contributed by atoms with van der Waals surface area (Å²) in [6.45, 7) is 3.77. The Balaban J connectivity index is 1.91. The Bertz CT molecular complexity index is 478. The lowest BCUT2D eigenvalue weighted by molar-refractivity contribution is -0.121. The second-order valence-electron chi connectivity index (χ2n) is 4.89. The molecule has 0 bridgehead atoms. The fraction of sp³-hybridized carbons (Fsp3) is 0.500. The number of carbonyl (C=O) groups is 1. The summed E-state index contributed by atoms with van der Waals surface area (Å²) in [6.07, 6.45) is 2.14. The molecule has 0 radical (unpaired) electrons. The second-order valence-corrected chi connectivity index (χ2v) is 7.11. The molecule has 20 heavy (non-hydrogen) atoms. The molecule has 110 valence electrons. The molecule has 2 rings (SSSR count). The summed E-state index contributed by atoms with van der Waals surface area (Å²) in [5.41, 5.74) is 0. The van der Waals surface area contributed by atoms with Gasteiger partial charge in [0.25, 0.3) is 0 Å². The molecule has 1 heterocycles. The average molecular weight is 333 g/mol. The molecule has 6 heteroatoms. The van der Waals surface area contributed by atoms with Crippen molar-refractivity contribution in [1.29, 1.82) is 0 Å². The fourth-order valence-electron chi connectivity index (χ4n) is 2.11. The van der Waals surface area contributed by atoms with Gasteiger partial charge < -0.3 is 10.6 Å². The molecule has 2 N–H and O–H groups in total. The third kappa shape index (κ3) is 4.55. The zero-order valence-electron chi connectivity index (χ0n) is 11.3. The Morgan fingerprint density at radius 2 is 2.30 bits per heavy atom. The Kier molecular flexibility index (Phi) is 6.02. The fourth-order valence-corrected chi connectivity index (χ4v) is 3.52. The summed E-state index contributed by atoms with van der Waals surface area (Å²) in [6, 6.07) is 5.52. The van der Waals surface area contributed by atoms with E-state index in [2.05, 4.69) is 10.6 Å². The first-order valence-corrected chi connectivity index (χ1v) is 8.32. The first-order chi connectivity index (χ1) is 9.56. The van der Waals surface area contributed by atoms with Gasteiger partial charge in [0.15, 0.2) is 0 Å². The highest BCUT2D eigenvalue weighted by Gasteiger charge is 2.20. The van der Waals surface area contributed by atoms with Crippen molar-refractivity contribution in [2.75, 3.05) is 13.1 Å². The van der Waals surface area contributed by atoms with Gasteiger partial charge in [0, 0.05) is 22.5 Å². The second kappa shape index (κ2) is 7.55. The number of halogens is 2. The lowest BCUT2D eigenvalue weighted by Crippen LogP contribution is -2.47. The van der Waals surface area contributed by atoms with Gasteiger partial charge in [-0.1, -0.05) is 23.2 Å². The maximum Gasteiger partial charge on any atom is 0.233 e. The molecule has 1 aromatic carbocycles. The van der Waals surface area contributed by atoms with Crippen LogP contribution in [0.5, 0.6) is 0 Å². The van der Waals surface area contributed by atoms with Crippen molar-refractivity contribution in [2.45, 2.75) is 36.0 Å². The van der Waals surface area contributed by atoms with Crippen molar-refractivity contribution >= 4 is 40.9 Å². The quantitative estimate of drug-likeness (QED) is 0.831. The molecule has 0 saturated carbocycles. The predicted molar refractivity (Wildman–Crippen MR) is 85.8 cm³/mol. The van der Waals surface area contributed by atoms with Crippen LogP contribution in [-0.4, -0.2) is 30.3 Å². The summed E-state index contributed by atoms with van der Waals surface area (Å²) in [4.78, 5) is 13.0. The van der Waals surface area contributed by atoms with E-state index >= 15 is 0 Å². The van der Waals surface area contributed by atoms with E-state index in [0.717, 1.165) is 30.8 Å². The number of hydrogen-bond donors (Lipinski definition) is 2. The van der Waals surface area contributed by atoms with E-state index in [1.54, 1.807) is 18.2 Å². The van der Waals surface area contributed by atoms with Gasteiger partial charge in [-0.15, -0.1) is 11.8 Å². The van der Waals surface area contributed by atoms with E-state index in [-0.39, 0.29) is 17.2 Å². The minimum atomic E-state index is -0.201. The molecule has 1 aliphatic heterocycles. The molecule has 1 unspecified atom stereocenters. The number of carbonyl (C=O) groups excluding carboxylic acids is 1. The molecule has 1 saturated heterocycles. The Morgan fingerprint density at radius 3 is 3.00 bits per heavy atom. The van der Waals surface area contributed by atoms with Gasteiger partial charge in [-0.05, 0) is 44.5 Å². The molecular weight excluding hydrogens is 315 g/mol. The van der Waals surface area contributed by atoms with Gasteiger partial charge in [-0.3, -0.25) is 4.79 Å². The lowest BCUT2D eigenvalue weighted by atomic mass is 10.1. The molecule has 0 spiro atoms. The van der Waals surface area contributed by atoms with Crippen molar-refractivity contribution in [2.24, 2.45) is 0 Å². The molecule has 1 fully saturated rings. The van der Waals surface area contributed by atoms with Crippen LogP contribution in [0.3, 0.4) is 0 Å². The smallest absolute Gasteiger partial charge is 0.233 e. The van der Waals surface area contributed by atoms with Crippen molar-refractivity contribution in [1.82, 2.24) is 10.6 Å². The molecule has 0 aliphatic carbocycles. The van der Waals surface area contributed by atoms with Gasteiger partial charge in [0.1, 0.15) is 0 Å². The van der Waals surface area contributed by atoms with E-state index < -0.39 is 0 Å². The number of nitrogens with one attached hydrogen (secondary N) is 2. The highest BCUT2D eigenvalue weighted by molar-refractivity contribution is 8.00. The number of amides is 1. The van der Waals surface area contributed by atoms with Gasteiger partial charge in [0.2, 0.25) is 5.91 Å². The summed E-state index contributed by atoms with van der Waals surface area (Å²) in [5.74, 6) is 0.0414. The van der Waals surface area contributed by atoms with Crippen LogP contribution in [0.25, 0.3) is 0 Å². The maximum absolute atomic E-state index is 12.2. The number of piperidine rings is 1. The van der Waals surface area contributed by atoms with Crippen molar-refractivity contribution in [3.8, 4) is 0 Å².